The number of halogens is 1. The van der Waals surface area contributed by atoms with Crippen molar-refractivity contribution < 1.29 is 19.1 Å². The molecule has 0 aromatic heterocycles. The highest BCUT2D eigenvalue weighted by Crippen LogP contribution is 2.16. The number of nitrogens with zero attached hydrogens (tertiary/aromatic N) is 1. The minimum Gasteiger partial charge on any atom is -0.396 e. The topological polar surface area (TPSA) is 69.6 Å². The number of amides is 2. The van der Waals surface area contributed by atoms with Gasteiger partial charge in [0.2, 0.25) is 11.8 Å². The predicted molar refractivity (Wildman–Crippen MR) is 106 cm³/mol. The van der Waals surface area contributed by atoms with Gasteiger partial charge < -0.3 is 15.3 Å². The molecule has 0 heterocycles. The summed E-state index contributed by atoms with van der Waals surface area (Å²) in [6.07, 6.45) is 1.08. The highest BCUT2D eigenvalue weighted by Gasteiger charge is 2.29. The van der Waals surface area contributed by atoms with Crippen LogP contribution in [0.2, 0.25) is 0 Å². The Hall–Kier alpha value is -2.73. The van der Waals surface area contributed by atoms with E-state index in [1.54, 1.807) is 24.0 Å². The van der Waals surface area contributed by atoms with Gasteiger partial charge in [-0.3, -0.25) is 9.59 Å². The molecule has 2 aromatic carbocycles. The molecule has 2 amide bonds. The van der Waals surface area contributed by atoms with Gasteiger partial charge in [0.15, 0.2) is 0 Å². The number of aliphatic hydroxyl groups is 1. The lowest BCUT2D eigenvalue weighted by Gasteiger charge is -2.31. The van der Waals surface area contributed by atoms with E-state index in [0.717, 1.165) is 11.1 Å². The predicted octanol–water partition coefficient (Wildman–Crippen LogP) is 2.67. The first-order valence-corrected chi connectivity index (χ1v) is 9.51. The summed E-state index contributed by atoms with van der Waals surface area (Å²) in [5, 5.41) is 11.8. The fourth-order valence-electron chi connectivity index (χ4n) is 2.95. The molecule has 0 saturated heterocycles. The Morgan fingerprint density at radius 1 is 1.07 bits per heavy atom. The van der Waals surface area contributed by atoms with Crippen molar-refractivity contribution in [2.45, 2.75) is 38.8 Å². The monoisotopic (exact) mass is 386 g/mol. The normalized spacial score (nSPS) is 11.7. The molecule has 1 unspecified atom stereocenters. The van der Waals surface area contributed by atoms with E-state index in [1.165, 1.54) is 12.1 Å². The molecule has 0 fully saturated rings. The summed E-state index contributed by atoms with van der Waals surface area (Å²) in [6, 6.07) is 14.7. The van der Waals surface area contributed by atoms with Crippen LogP contribution in [-0.4, -0.2) is 41.0 Å². The number of rotatable bonds is 10. The van der Waals surface area contributed by atoms with E-state index in [0.29, 0.717) is 19.4 Å². The third kappa shape index (κ3) is 6.46. The van der Waals surface area contributed by atoms with E-state index in [4.69, 9.17) is 5.11 Å². The number of aliphatic hydroxyl groups excluding tert-OH is 1. The molecule has 0 radical (unpaired) electrons. The zero-order valence-corrected chi connectivity index (χ0v) is 16.1. The molecule has 28 heavy (non-hydrogen) atoms. The number of hydrogen-bond acceptors (Lipinski definition) is 3. The second kappa shape index (κ2) is 11.2. The average Bonchev–Trinajstić information content (AvgIpc) is 2.72. The summed E-state index contributed by atoms with van der Waals surface area (Å²) in [4.78, 5) is 27.1. The van der Waals surface area contributed by atoms with Crippen molar-refractivity contribution in [3.8, 4) is 0 Å². The molecule has 6 heteroatoms. The van der Waals surface area contributed by atoms with Crippen LogP contribution in [0.1, 0.15) is 30.9 Å². The van der Waals surface area contributed by atoms with E-state index in [9.17, 15) is 14.0 Å². The molecule has 0 aliphatic heterocycles. The Morgan fingerprint density at radius 2 is 1.75 bits per heavy atom. The number of hydrogen-bond donors (Lipinski definition) is 2. The van der Waals surface area contributed by atoms with Gasteiger partial charge in [0.25, 0.3) is 0 Å². The van der Waals surface area contributed by atoms with Gasteiger partial charge in [-0.2, -0.15) is 0 Å². The molecule has 5 nitrogen and oxygen atoms in total. The van der Waals surface area contributed by atoms with E-state index < -0.39 is 6.04 Å². The molecule has 0 aliphatic carbocycles. The van der Waals surface area contributed by atoms with Crippen LogP contribution >= 0.6 is 0 Å². The highest BCUT2D eigenvalue weighted by atomic mass is 19.1. The average molecular weight is 386 g/mol. The molecule has 0 spiro atoms. The third-order valence-electron chi connectivity index (χ3n) is 4.47. The van der Waals surface area contributed by atoms with E-state index >= 15 is 0 Å². The third-order valence-corrected chi connectivity index (χ3v) is 4.47. The van der Waals surface area contributed by atoms with Gasteiger partial charge in [-0.05, 0) is 29.7 Å². The maximum atomic E-state index is 13.2. The van der Waals surface area contributed by atoms with Crippen LogP contribution in [0.3, 0.4) is 0 Å². The van der Waals surface area contributed by atoms with E-state index in [1.807, 2.05) is 30.3 Å². The molecular weight excluding hydrogens is 359 g/mol. The van der Waals surface area contributed by atoms with Crippen LogP contribution in [0, 0.1) is 5.82 Å². The van der Waals surface area contributed by atoms with Gasteiger partial charge in [0.05, 0.1) is 0 Å². The molecular formula is C22H27FN2O3. The molecule has 2 aromatic rings. The van der Waals surface area contributed by atoms with Gasteiger partial charge >= 0.3 is 0 Å². The SMILES string of the molecule is CCC(=O)N(Cc1ccc(F)cc1)C(Cc1ccccc1)C(=O)NCCCO. The van der Waals surface area contributed by atoms with Crippen LogP contribution < -0.4 is 5.32 Å². The highest BCUT2D eigenvalue weighted by molar-refractivity contribution is 5.87. The standard InChI is InChI=1S/C22H27FN2O3/c1-2-21(27)25(16-18-9-11-19(23)12-10-18)20(22(28)24-13-6-14-26)15-17-7-4-3-5-8-17/h3-5,7-12,20,26H,2,6,13-16H2,1H3,(H,24,28). The number of carbonyl (C=O) groups is 2. The van der Waals surface area contributed by atoms with Crippen molar-refractivity contribution in [3.05, 3.63) is 71.5 Å². The number of benzene rings is 2. The number of carbonyl (C=O) groups excluding carboxylic acids is 2. The second-order valence-corrected chi connectivity index (χ2v) is 6.58. The zero-order chi connectivity index (χ0) is 20.4. The minimum absolute atomic E-state index is 0.0170. The summed E-state index contributed by atoms with van der Waals surface area (Å²) in [6.45, 7) is 2.29. The van der Waals surface area contributed by atoms with Crippen molar-refractivity contribution >= 4 is 11.8 Å². The minimum atomic E-state index is -0.696. The summed E-state index contributed by atoms with van der Waals surface area (Å²) in [5.74, 6) is -0.761. The van der Waals surface area contributed by atoms with Crippen molar-refractivity contribution in [3.63, 3.8) is 0 Å². The lowest BCUT2D eigenvalue weighted by molar-refractivity contribution is -0.141. The van der Waals surface area contributed by atoms with Gasteiger partial charge in [-0.1, -0.05) is 49.4 Å². The van der Waals surface area contributed by atoms with E-state index in [-0.39, 0.29) is 37.2 Å². The quantitative estimate of drug-likeness (QED) is 0.617. The van der Waals surface area contributed by atoms with Crippen molar-refractivity contribution in [1.82, 2.24) is 10.2 Å². The summed E-state index contributed by atoms with van der Waals surface area (Å²) in [5.41, 5.74) is 1.70. The van der Waals surface area contributed by atoms with Crippen molar-refractivity contribution in [2.75, 3.05) is 13.2 Å². The lowest BCUT2D eigenvalue weighted by atomic mass is 10.0. The van der Waals surface area contributed by atoms with Gasteiger partial charge in [0.1, 0.15) is 11.9 Å². The largest absolute Gasteiger partial charge is 0.396 e. The Kier molecular flexibility index (Phi) is 8.62. The molecule has 1 atom stereocenters. The summed E-state index contributed by atoms with van der Waals surface area (Å²) >= 11 is 0. The fraction of sp³-hybridized carbons (Fsp3) is 0.364. The van der Waals surface area contributed by atoms with Crippen LogP contribution in [-0.2, 0) is 22.6 Å². The van der Waals surface area contributed by atoms with Crippen LogP contribution in [0.25, 0.3) is 0 Å². The Labute approximate surface area is 165 Å². The van der Waals surface area contributed by atoms with Crippen LogP contribution in [0.5, 0.6) is 0 Å². The second-order valence-electron chi connectivity index (χ2n) is 6.58. The first-order chi connectivity index (χ1) is 13.5. The molecule has 0 saturated carbocycles. The van der Waals surface area contributed by atoms with Gasteiger partial charge in [-0.15, -0.1) is 0 Å². The Balaban J connectivity index is 2.28. The van der Waals surface area contributed by atoms with Gasteiger partial charge in [0, 0.05) is 32.5 Å². The maximum absolute atomic E-state index is 13.2. The summed E-state index contributed by atoms with van der Waals surface area (Å²) in [7, 11) is 0. The molecule has 0 bridgehead atoms. The molecule has 2 rings (SSSR count). The Bertz CT molecular complexity index is 750. The zero-order valence-electron chi connectivity index (χ0n) is 16.1. The molecule has 150 valence electrons. The van der Waals surface area contributed by atoms with E-state index in [2.05, 4.69) is 5.32 Å². The Morgan fingerprint density at radius 3 is 2.36 bits per heavy atom. The van der Waals surface area contributed by atoms with Gasteiger partial charge in [-0.25, -0.2) is 4.39 Å². The molecule has 0 aliphatic rings. The first kappa shape index (κ1) is 21.6. The molecule has 2 N–H and O–H groups in total. The fourth-order valence-corrected chi connectivity index (χ4v) is 2.95. The smallest absolute Gasteiger partial charge is 0.243 e. The van der Waals surface area contributed by atoms with Crippen LogP contribution in [0.15, 0.2) is 54.6 Å². The van der Waals surface area contributed by atoms with Crippen molar-refractivity contribution in [1.29, 1.82) is 0 Å². The maximum Gasteiger partial charge on any atom is 0.243 e. The van der Waals surface area contributed by atoms with Crippen LogP contribution in [0.4, 0.5) is 4.39 Å². The lowest BCUT2D eigenvalue weighted by Crippen LogP contribution is -2.50. The number of nitrogens with one attached hydrogen (secondary N) is 1. The summed E-state index contributed by atoms with van der Waals surface area (Å²) < 4.78 is 13.2. The van der Waals surface area contributed by atoms with Crippen molar-refractivity contribution in [2.24, 2.45) is 0 Å². The first-order valence-electron chi connectivity index (χ1n) is 9.51.